The van der Waals surface area contributed by atoms with Crippen molar-refractivity contribution in [2.24, 2.45) is 0 Å². The summed E-state index contributed by atoms with van der Waals surface area (Å²) in [6.07, 6.45) is 3.39. The smallest absolute Gasteiger partial charge is 0.224 e. The van der Waals surface area contributed by atoms with Crippen molar-refractivity contribution in [2.75, 3.05) is 6.54 Å². The predicted molar refractivity (Wildman–Crippen MR) is 46.2 cm³/mol. The highest BCUT2D eigenvalue weighted by molar-refractivity contribution is 6.22. The van der Waals surface area contributed by atoms with Crippen molar-refractivity contribution in [3.05, 3.63) is 18.4 Å². The highest BCUT2D eigenvalue weighted by Gasteiger charge is 2.28. The van der Waals surface area contributed by atoms with Gasteiger partial charge in [0.15, 0.2) is 6.39 Å². The molecule has 1 aliphatic rings. The van der Waals surface area contributed by atoms with E-state index in [1.807, 2.05) is 0 Å². The second-order valence-electron chi connectivity index (χ2n) is 3.04. The SMILES string of the molecule is O=C1CC(Cl)CN1Cc1cnco1. The van der Waals surface area contributed by atoms with Crippen molar-refractivity contribution in [1.29, 1.82) is 0 Å². The monoisotopic (exact) mass is 200 g/mol. The van der Waals surface area contributed by atoms with Crippen LogP contribution in [0.3, 0.4) is 0 Å². The Balaban J connectivity index is 1.99. The van der Waals surface area contributed by atoms with Gasteiger partial charge < -0.3 is 9.32 Å². The number of halogens is 1. The van der Waals surface area contributed by atoms with Crippen molar-refractivity contribution in [2.45, 2.75) is 18.3 Å². The highest BCUT2D eigenvalue weighted by Crippen LogP contribution is 2.18. The van der Waals surface area contributed by atoms with Gasteiger partial charge in [0.05, 0.1) is 18.1 Å². The van der Waals surface area contributed by atoms with E-state index in [-0.39, 0.29) is 11.3 Å². The van der Waals surface area contributed by atoms with Crippen molar-refractivity contribution in [1.82, 2.24) is 9.88 Å². The Morgan fingerprint density at radius 3 is 3.15 bits per heavy atom. The number of likely N-dealkylation sites (tertiary alicyclic amines) is 1. The van der Waals surface area contributed by atoms with Gasteiger partial charge in [-0.2, -0.15) is 0 Å². The van der Waals surface area contributed by atoms with E-state index >= 15 is 0 Å². The molecule has 0 radical (unpaired) electrons. The van der Waals surface area contributed by atoms with E-state index in [0.717, 1.165) is 0 Å². The molecule has 1 aliphatic heterocycles. The molecule has 2 rings (SSSR count). The van der Waals surface area contributed by atoms with Gasteiger partial charge in [0.2, 0.25) is 5.91 Å². The first-order valence-electron chi connectivity index (χ1n) is 4.05. The lowest BCUT2D eigenvalue weighted by Gasteiger charge is -2.12. The van der Waals surface area contributed by atoms with Gasteiger partial charge in [0, 0.05) is 13.0 Å². The molecule has 1 aromatic heterocycles. The molecule has 1 fully saturated rings. The topological polar surface area (TPSA) is 46.3 Å². The minimum absolute atomic E-state index is 0.0598. The largest absolute Gasteiger partial charge is 0.447 e. The third-order valence-corrected chi connectivity index (χ3v) is 2.29. The Morgan fingerprint density at radius 1 is 1.77 bits per heavy atom. The lowest BCUT2D eigenvalue weighted by atomic mass is 10.4. The first-order valence-corrected chi connectivity index (χ1v) is 4.48. The molecule has 0 N–H and O–H groups in total. The fourth-order valence-corrected chi connectivity index (χ4v) is 1.68. The fourth-order valence-electron chi connectivity index (χ4n) is 1.39. The van der Waals surface area contributed by atoms with E-state index in [9.17, 15) is 4.79 Å². The molecule has 13 heavy (non-hydrogen) atoms. The van der Waals surface area contributed by atoms with Crippen LogP contribution >= 0.6 is 11.6 Å². The number of oxazole rings is 1. The average molecular weight is 201 g/mol. The second-order valence-corrected chi connectivity index (χ2v) is 3.66. The van der Waals surface area contributed by atoms with Crippen molar-refractivity contribution < 1.29 is 9.21 Å². The number of hydrogen-bond acceptors (Lipinski definition) is 3. The van der Waals surface area contributed by atoms with E-state index in [1.165, 1.54) is 6.39 Å². The number of alkyl halides is 1. The maximum atomic E-state index is 11.3. The minimum atomic E-state index is -0.0598. The zero-order valence-electron chi connectivity index (χ0n) is 6.94. The molecule has 1 atom stereocenters. The van der Waals surface area contributed by atoms with Gasteiger partial charge in [0.25, 0.3) is 0 Å². The molecule has 1 amide bonds. The molecule has 0 spiro atoms. The Morgan fingerprint density at radius 2 is 2.62 bits per heavy atom. The van der Waals surface area contributed by atoms with Crippen LogP contribution in [0.2, 0.25) is 0 Å². The number of rotatable bonds is 2. The molecular weight excluding hydrogens is 192 g/mol. The van der Waals surface area contributed by atoms with Gasteiger partial charge in [-0.25, -0.2) is 4.98 Å². The third kappa shape index (κ3) is 1.83. The quantitative estimate of drug-likeness (QED) is 0.670. The Hall–Kier alpha value is -1.03. The molecule has 70 valence electrons. The second kappa shape index (κ2) is 3.38. The summed E-state index contributed by atoms with van der Waals surface area (Å²) in [6, 6.07) is 0. The van der Waals surface area contributed by atoms with Crippen LogP contribution < -0.4 is 0 Å². The molecule has 1 saturated heterocycles. The number of nitrogens with zero attached hydrogens (tertiary/aromatic N) is 2. The van der Waals surface area contributed by atoms with Crippen LogP contribution in [0.15, 0.2) is 17.0 Å². The molecule has 4 nitrogen and oxygen atoms in total. The average Bonchev–Trinajstić information content (AvgIpc) is 2.63. The van der Waals surface area contributed by atoms with Crippen molar-refractivity contribution in [3.8, 4) is 0 Å². The molecule has 2 heterocycles. The number of amides is 1. The van der Waals surface area contributed by atoms with Crippen LogP contribution in [0.25, 0.3) is 0 Å². The summed E-state index contributed by atoms with van der Waals surface area (Å²) in [5, 5.41) is -0.0598. The zero-order chi connectivity index (χ0) is 9.26. The van der Waals surface area contributed by atoms with Gasteiger partial charge in [0.1, 0.15) is 5.76 Å². The molecule has 1 unspecified atom stereocenters. The van der Waals surface area contributed by atoms with Gasteiger partial charge >= 0.3 is 0 Å². The van der Waals surface area contributed by atoms with Crippen LogP contribution in [0.4, 0.5) is 0 Å². The molecule has 0 saturated carbocycles. The maximum absolute atomic E-state index is 11.3. The third-order valence-electron chi connectivity index (χ3n) is 2.00. The van der Waals surface area contributed by atoms with Gasteiger partial charge in [-0.05, 0) is 0 Å². The standard InChI is InChI=1S/C8H9ClN2O2/c9-6-1-8(12)11(3-6)4-7-2-10-5-13-7/h2,5-6H,1,3-4H2. The van der Waals surface area contributed by atoms with Gasteiger partial charge in [-0.1, -0.05) is 0 Å². The summed E-state index contributed by atoms with van der Waals surface area (Å²) in [5.41, 5.74) is 0. The van der Waals surface area contributed by atoms with Crippen LogP contribution in [0.5, 0.6) is 0 Å². The molecule has 1 aromatic rings. The molecule has 0 aromatic carbocycles. The highest BCUT2D eigenvalue weighted by atomic mass is 35.5. The number of hydrogen-bond donors (Lipinski definition) is 0. The van der Waals surface area contributed by atoms with Crippen LogP contribution in [0.1, 0.15) is 12.2 Å². The normalized spacial score (nSPS) is 22.7. The Bertz CT molecular complexity index is 299. The van der Waals surface area contributed by atoms with E-state index in [2.05, 4.69) is 4.98 Å². The predicted octanol–water partition coefficient (Wildman–Crippen LogP) is 1.01. The summed E-state index contributed by atoms with van der Waals surface area (Å²) in [4.78, 5) is 16.7. The van der Waals surface area contributed by atoms with Gasteiger partial charge in [-0.3, -0.25) is 4.79 Å². The molecule has 5 heteroatoms. The molecule has 0 bridgehead atoms. The summed E-state index contributed by atoms with van der Waals surface area (Å²) in [5.74, 6) is 0.774. The van der Waals surface area contributed by atoms with Crippen molar-refractivity contribution >= 4 is 17.5 Å². The molecular formula is C8H9ClN2O2. The van der Waals surface area contributed by atoms with E-state index in [1.54, 1.807) is 11.1 Å². The number of aromatic nitrogens is 1. The number of carbonyl (C=O) groups excluding carboxylic acids is 1. The Labute approximate surface area is 80.5 Å². The summed E-state index contributed by atoms with van der Waals surface area (Å²) >= 11 is 5.83. The summed E-state index contributed by atoms with van der Waals surface area (Å²) < 4.78 is 5.03. The molecule has 0 aliphatic carbocycles. The zero-order valence-corrected chi connectivity index (χ0v) is 7.70. The van der Waals surface area contributed by atoms with E-state index < -0.39 is 0 Å². The first-order chi connectivity index (χ1) is 6.25. The summed E-state index contributed by atoms with van der Waals surface area (Å²) in [6.45, 7) is 1.07. The van der Waals surface area contributed by atoms with Crippen molar-refractivity contribution in [3.63, 3.8) is 0 Å². The lowest BCUT2D eigenvalue weighted by molar-refractivity contribution is -0.128. The summed E-state index contributed by atoms with van der Waals surface area (Å²) in [7, 11) is 0. The number of carbonyl (C=O) groups is 1. The van der Waals surface area contributed by atoms with E-state index in [4.69, 9.17) is 16.0 Å². The lowest BCUT2D eigenvalue weighted by Crippen LogP contribution is -2.24. The van der Waals surface area contributed by atoms with Crippen LogP contribution in [-0.2, 0) is 11.3 Å². The van der Waals surface area contributed by atoms with Gasteiger partial charge in [-0.15, -0.1) is 11.6 Å². The maximum Gasteiger partial charge on any atom is 0.224 e. The first kappa shape index (κ1) is 8.56. The van der Waals surface area contributed by atoms with E-state index in [0.29, 0.717) is 25.3 Å². The fraction of sp³-hybridized carbons (Fsp3) is 0.500. The minimum Gasteiger partial charge on any atom is -0.447 e. The van der Waals surface area contributed by atoms with Crippen LogP contribution in [0, 0.1) is 0 Å². The Kier molecular flexibility index (Phi) is 2.22. The van der Waals surface area contributed by atoms with Crippen LogP contribution in [-0.4, -0.2) is 27.7 Å².